The predicted molar refractivity (Wildman–Crippen MR) is 121 cm³/mol. The number of hydrogen-bond acceptors (Lipinski definition) is 2. The molecule has 0 saturated carbocycles. The molecule has 4 nitrogen and oxygen atoms in total. The number of amides is 1. The van der Waals surface area contributed by atoms with E-state index in [9.17, 15) is 9.59 Å². The number of halogens is 1. The fourth-order valence-corrected chi connectivity index (χ4v) is 3.67. The van der Waals surface area contributed by atoms with E-state index in [-0.39, 0.29) is 18.0 Å². The molecule has 0 bridgehead atoms. The number of carbonyl (C=O) groups is 1. The molecule has 0 fully saturated rings. The zero-order valence-corrected chi connectivity index (χ0v) is 17.3. The quantitative estimate of drug-likeness (QED) is 0.478. The first-order valence-electron chi connectivity index (χ1n) is 9.71. The van der Waals surface area contributed by atoms with E-state index in [1.54, 1.807) is 23.1 Å². The Morgan fingerprint density at radius 1 is 0.900 bits per heavy atom. The third-order valence-corrected chi connectivity index (χ3v) is 5.44. The number of fused-ring (bicyclic) bond motifs is 1. The van der Waals surface area contributed by atoms with E-state index in [2.05, 4.69) is 4.98 Å². The van der Waals surface area contributed by atoms with Gasteiger partial charge in [0.25, 0.3) is 11.5 Å². The van der Waals surface area contributed by atoms with Crippen LogP contribution in [0, 0.1) is 6.92 Å². The first kappa shape index (κ1) is 19.9. The molecule has 0 aliphatic carbocycles. The molecule has 4 aromatic rings. The summed E-state index contributed by atoms with van der Waals surface area (Å²) < 4.78 is 0. The average Bonchev–Trinajstić information content (AvgIpc) is 2.75. The van der Waals surface area contributed by atoms with E-state index < -0.39 is 0 Å². The molecular weight excluding hydrogens is 396 g/mol. The molecule has 4 rings (SSSR count). The molecule has 0 saturated heterocycles. The maximum atomic E-state index is 13.3. The highest BCUT2D eigenvalue weighted by molar-refractivity contribution is 6.31. The molecule has 0 atom stereocenters. The Hall–Kier alpha value is -3.37. The number of H-pyrrole nitrogens is 1. The van der Waals surface area contributed by atoms with Crippen LogP contribution in [-0.2, 0) is 13.1 Å². The SMILES string of the molecule is Cc1ccc2cc(CN(Cc3ccccc3Cl)C(=O)c3ccccc3)c(=O)[nH]c2c1. The maximum absolute atomic E-state index is 13.3. The highest BCUT2D eigenvalue weighted by Crippen LogP contribution is 2.21. The molecule has 30 heavy (non-hydrogen) atoms. The normalized spacial score (nSPS) is 10.9. The summed E-state index contributed by atoms with van der Waals surface area (Å²) in [6, 6.07) is 24.3. The Bertz CT molecular complexity index is 1270. The van der Waals surface area contributed by atoms with E-state index >= 15 is 0 Å². The summed E-state index contributed by atoms with van der Waals surface area (Å²) in [6.07, 6.45) is 0. The van der Waals surface area contributed by atoms with Crippen LogP contribution in [0.4, 0.5) is 0 Å². The molecule has 5 heteroatoms. The summed E-state index contributed by atoms with van der Waals surface area (Å²) >= 11 is 6.34. The molecule has 0 spiro atoms. The Labute approximate surface area is 179 Å². The molecule has 1 N–H and O–H groups in total. The van der Waals surface area contributed by atoms with Gasteiger partial charge in [-0.2, -0.15) is 0 Å². The van der Waals surface area contributed by atoms with Gasteiger partial charge in [0.1, 0.15) is 0 Å². The van der Waals surface area contributed by atoms with Crippen LogP contribution in [0.1, 0.15) is 27.0 Å². The van der Waals surface area contributed by atoms with Crippen LogP contribution in [0.25, 0.3) is 10.9 Å². The van der Waals surface area contributed by atoms with Crippen molar-refractivity contribution in [2.45, 2.75) is 20.0 Å². The Balaban J connectivity index is 1.72. The topological polar surface area (TPSA) is 53.2 Å². The van der Waals surface area contributed by atoms with E-state index in [0.717, 1.165) is 22.0 Å². The molecular formula is C25H21ClN2O2. The molecule has 1 amide bonds. The minimum atomic E-state index is -0.196. The molecule has 150 valence electrons. The van der Waals surface area contributed by atoms with Crippen molar-refractivity contribution in [3.05, 3.63) is 116 Å². The van der Waals surface area contributed by atoms with Crippen LogP contribution in [-0.4, -0.2) is 15.8 Å². The third kappa shape index (κ3) is 4.29. The summed E-state index contributed by atoms with van der Waals surface area (Å²) in [5, 5.41) is 1.52. The first-order valence-corrected chi connectivity index (χ1v) is 10.1. The number of rotatable bonds is 5. The number of pyridine rings is 1. The van der Waals surface area contributed by atoms with E-state index in [4.69, 9.17) is 11.6 Å². The van der Waals surface area contributed by atoms with Crippen molar-refractivity contribution in [3.8, 4) is 0 Å². The summed E-state index contributed by atoms with van der Waals surface area (Å²) in [6.45, 7) is 2.46. The smallest absolute Gasteiger partial charge is 0.254 e. The second-order valence-electron chi connectivity index (χ2n) is 7.33. The number of carbonyl (C=O) groups excluding carboxylic acids is 1. The van der Waals surface area contributed by atoms with Gasteiger partial charge in [-0.1, -0.05) is 60.1 Å². The molecule has 1 heterocycles. The highest BCUT2D eigenvalue weighted by atomic mass is 35.5. The number of nitrogens with zero attached hydrogens (tertiary/aromatic N) is 1. The van der Waals surface area contributed by atoms with Gasteiger partial charge in [-0.15, -0.1) is 0 Å². The highest BCUT2D eigenvalue weighted by Gasteiger charge is 2.19. The lowest BCUT2D eigenvalue weighted by atomic mass is 10.1. The van der Waals surface area contributed by atoms with Gasteiger partial charge in [-0.05, 0) is 53.8 Å². The Morgan fingerprint density at radius 2 is 1.60 bits per heavy atom. The van der Waals surface area contributed by atoms with Crippen LogP contribution in [0.2, 0.25) is 5.02 Å². The second-order valence-corrected chi connectivity index (χ2v) is 7.74. The van der Waals surface area contributed by atoms with Gasteiger partial charge >= 0.3 is 0 Å². The number of aromatic nitrogens is 1. The number of benzene rings is 3. The van der Waals surface area contributed by atoms with Crippen LogP contribution >= 0.6 is 11.6 Å². The zero-order chi connectivity index (χ0) is 21.1. The summed E-state index contributed by atoms with van der Waals surface area (Å²) in [5.41, 5.74) is 3.59. The number of aromatic amines is 1. The maximum Gasteiger partial charge on any atom is 0.254 e. The Kier molecular flexibility index (Phi) is 5.68. The fraction of sp³-hybridized carbons (Fsp3) is 0.120. The van der Waals surface area contributed by atoms with Gasteiger partial charge in [0.2, 0.25) is 0 Å². The van der Waals surface area contributed by atoms with Gasteiger partial charge in [-0.25, -0.2) is 0 Å². The summed E-state index contributed by atoms with van der Waals surface area (Å²) in [7, 11) is 0. The standard InChI is InChI=1S/C25H21ClN2O2/c1-17-11-12-19-14-21(24(29)27-23(19)13-17)16-28(15-20-9-5-6-10-22(20)26)25(30)18-7-3-2-4-8-18/h2-14H,15-16H2,1H3,(H,27,29). The van der Waals surface area contributed by atoms with Crippen molar-refractivity contribution in [2.75, 3.05) is 0 Å². The van der Waals surface area contributed by atoms with Crippen molar-refractivity contribution >= 4 is 28.4 Å². The van der Waals surface area contributed by atoms with Gasteiger partial charge in [0.15, 0.2) is 0 Å². The van der Waals surface area contributed by atoms with Crippen molar-refractivity contribution in [2.24, 2.45) is 0 Å². The van der Waals surface area contributed by atoms with Crippen LogP contribution in [0.15, 0.2) is 83.7 Å². The largest absolute Gasteiger partial charge is 0.330 e. The monoisotopic (exact) mass is 416 g/mol. The average molecular weight is 417 g/mol. The second kappa shape index (κ2) is 8.56. The number of hydrogen-bond donors (Lipinski definition) is 1. The molecule has 1 aromatic heterocycles. The van der Waals surface area contributed by atoms with E-state index in [1.165, 1.54) is 0 Å². The van der Waals surface area contributed by atoms with Crippen LogP contribution < -0.4 is 5.56 Å². The van der Waals surface area contributed by atoms with Crippen LogP contribution in [0.5, 0.6) is 0 Å². The molecule has 0 aliphatic heterocycles. The lowest BCUT2D eigenvalue weighted by Crippen LogP contribution is -2.32. The predicted octanol–water partition coefficient (Wildman–Crippen LogP) is 5.33. The third-order valence-electron chi connectivity index (χ3n) is 5.07. The van der Waals surface area contributed by atoms with Crippen molar-refractivity contribution in [3.63, 3.8) is 0 Å². The summed E-state index contributed by atoms with van der Waals surface area (Å²) in [4.78, 5) is 30.6. The van der Waals surface area contributed by atoms with Gasteiger partial charge < -0.3 is 9.88 Å². The molecule has 3 aromatic carbocycles. The number of aryl methyl sites for hydroxylation is 1. The zero-order valence-electron chi connectivity index (χ0n) is 16.6. The van der Waals surface area contributed by atoms with Crippen molar-refractivity contribution < 1.29 is 4.79 Å². The van der Waals surface area contributed by atoms with Gasteiger partial charge in [0.05, 0.1) is 6.54 Å². The lowest BCUT2D eigenvalue weighted by molar-refractivity contribution is 0.0729. The van der Waals surface area contributed by atoms with Gasteiger partial charge in [-0.3, -0.25) is 9.59 Å². The van der Waals surface area contributed by atoms with Gasteiger partial charge in [0, 0.05) is 28.2 Å². The van der Waals surface area contributed by atoms with E-state index in [0.29, 0.717) is 22.7 Å². The fourth-order valence-electron chi connectivity index (χ4n) is 3.48. The minimum absolute atomic E-state index is 0.154. The van der Waals surface area contributed by atoms with E-state index in [1.807, 2.05) is 67.6 Å². The molecule has 0 radical (unpaired) electrons. The van der Waals surface area contributed by atoms with Crippen molar-refractivity contribution in [1.29, 1.82) is 0 Å². The molecule has 0 aliphatic rings. The molecule has 0 unspecified atom stereocenters. The van der Waals surface area contributed by atoms with Crippen molar-refractivity contribution in [1.82, 2.24) is 9.88 Å². The lowest BCUT2D eigenvalue weighted by Gasteiger charge is -2.23. The first-order chi connectivity index (χ1) is 14.5. The minimum Gasteiger partial charge on any atom is -0.330 e. The van der Waals surface area contributed by atoms with Crippen LogP contribution in [0.3, 0.4) is 0 Å². The summed E-state index contributed by atoms with van der Waals surface area (Å²) in [5.74, 6) is -0.154. The Morgan fingerprint density at radius 3 is 2.37 bits per heavy atom. The number of nitrogens with one attached hydrogen (secondary N) is 1.